The van der Waals surface area contributed by atoms with E-state index in [2.05, 4.69) is 34.7 Å². The lowest BCUT2D eigenvalue weighted by atomic mass is 10.2. The normalized spacial score (nSPS) is 14.1. The van der Waals surface area contributed by atoms with Crippen molar-refractivity contribution in [2.45, 2.75) is 0 Å². The maximum atomic E-state index is 8.98. The van der Waals surface area contributed by atoms with E-state index >= 15 is 0 Å². The molecule has 0 bridgehead atoms. The van der Waals surface area contributed by atoms with Crippen molar-refractivity contribution in [2.75, 3.05) is 36.0 Å². The van der Waals surface area contributed by atoms with Crippen LogP contribution in [0.15, 0.2) is 49.1 Å². The minimum atomic E-state index is 0.380. The number of aromatic nitrogens is 5. The lowest BCUT2D eigenvalue weighted by molar-refractivity contribution is 0.628. The number of piperazine rings is 1. The summed E-state index contributed by atoms with van der Waals surface area (Å²) in [5.41, 5.74) is 2.21. The molecule has 1 saturated heterocycles. The third-order valence-electron chi connectivity index (χ3n) is 4.20. The SMILES string of the molecule is N#Cc1ccnc(N2CCN(c3nccc(-c4cccnc4)n3)CC2)n1. The van der Waals surface area contributed by atoms with E-state index in [4.69, 9.17) is 5.26 Å². The first-order valence-corrected chi connectivity index (χ1v) is 8.30. The molecule has 8 nitrogen and oxygen atoms in total. The third kappa shape index (κ3) is 3.28. The van der Waals surface area contributed by atoms with Crippen molar-refractivity contribution in [3.05, 3.63) is 54.7 Å². The van der Waals surface area contributed by atoms with E-state index in [9.17, 15) is 0 Å². The van der Waals surface area contributed by atoms with Crippen LogP contribution < -0.4 is 9.80 Å². The average Bonchev–Trinajstić information content (AvgIpc) is 2.75. The molecule has 8 heteroatoms. The molecular formula is C18H16N8. The Morgan fingerprint density at radius 2 is 1.54 bits per heavy atom. The summed E-state index contributed by atoms with van der Waals surface area (Å²) in [6.45, 7) is 3.01. The summed E-state index contributed by atoms with van der Waals surface area (Å²) in [4.78, 5) is 26.0. The van der Waals surface area contributed by atoms with Gasteiger partial charge in [0.05, 0.1) is 5.69 Å². The van der Waals surface area contributed by atoms with E-state index in [1.807, 2.05) is 24.3 Å². The van der Waals surface area contributed by atoms with Crippen molar-refractivity contribution < 1.29 is 0 Å². The Labute approximate surface area is 150 Å². The molecule has 26 heavy (non-hydrogen) atoms. The van der Waals surface area contributed by atoms with Crippen LogP contribution in [0.2, 0.25) is 0 Å². The van der Waals surface area contributed by atoms with Gasteiger partial charge in [0.1, 0.15) is 11.8 Å². The molecule has 4 rings (SSSR count). The highest BCUT2D eigenvalue weighted by Gasteiger charge is 2.21. The molecular weight excluding hydrogens is 328 g/mol. The molecule has 0 atom stereocenters. The summed E-state index contributed by atoms with van der Waals surface area (Å²) in [6, 6.07) is 9.42. The second kappa shape index (κ2) is 7.11. The zero-order valence-electron chi connectivity index (χ0n) is 14.0. The first-order chi connectivity index (χ1) is 12.8. The molecule has 0 N–H and O–H groups in total. The fourth-order valence-corrected chi connectivity index (χ4v) is 2.85. The second-order valence-corrected chi connectivity index (χ2v) is 5.81. The molecule has 3 aromatic heterocycles. The topological polar surface area (TPSA) is 94.7 Å². The number of hydrogen-bond acceptors (Lipinski definition) is 8. The van der Waals surface area contributed by atoms with E-state index in [-0.39, 0.29) is 0 Å². The molecule has 0 amide bonds. The zero-order valence-corrected chi connectivity index (χ0v) is 14.0. The van der Waals surface area contributed by atoms with Crippen LogP contribution in [0.25, 0.3) is 11.3 Å². The number of anilines is 2. The lowest BCUT2D eigenvalue weighted by Gasteiger charge is -2.34. The maximum absolute atomic E-state index is 8.98. The maximum Gasteiger partial charge on any atom is 0.226 e. The van der Waals surface area contributed by atoms with E-state index in [1.54, 1.807) is 30.9 Å². The number of nitriles is 1. The van der Waals surface area contributed by atoms with Gasteiger partial charge in [0.25, 0.3) is 0 Å². The van der Waals surface area contributed by atoms with Crippen LogP contribution >= 0.6 is 0 Å². The van der Waals surface area contributed by atoms with Gasteiger partial charge in [0, 0.05) is 56.5 Å². The van der Waals surface area contributed by atoms with Crippen LogP contribution in [-0.2, 0) is 0 Å². The quantitative estimate of drug-likeness (QED) is 0.706. The monoisotopic (exact) mass is 344 g/mol. The first kappa shape index (κ1) is 15.9. The highest BCUT2D eigenvalue weighted by Crippen LogP contribution is 2.19. The van der Waals surface area contributed by atoms with Gasteiger partial charge in [0.2, 0.25) is 11.9 Å². The van der Waals surface area contributed by atoms with Gasteiger partial charge in [-0.1, -0.05) is 0 Å². The smallest absolute Gasteiger partial charge is 0.226 e. The Hall–Kier alpha value is -3.60. The molecule has 3 aromatic rings. The van der Waals surface area contributed by atoms with Gasteiger partial charge in [0.15, 0.2) is 0 Å². The molecule has 0 aromatic carbocycles. The Morgan fingerprint density at radius 1 is 0.846 bits per heavy atom. The van der Waals surface area contributed by atoms with E-state index < -0.39 is 0 Å². The largest absolute Gasteiger partial charge is 0.337 e. The predicted octanol–water partition coefficient (Wildman–Crippen LogP) is 1.53. The van der Waals surface area contributed by atoms with Gasteiger partial charge in [-0.05, 0) is 24.3 Å². The molecule has 0 spiro atoms. The minimum Gasteiger partial charge on any atom is -0.337 e. The fraction of sp³-hybridized carbons (Fsp3) is 0.222. The van der Waals surface area contributed by atoms with Gasteiger partial charge < -0.3 is 9.80 Å². The summed E-state index contributed by atoms with van der Waals surface area (Å²) in [5.74, 6) is 1.30. The molecule has 0 unspecified atom stereocenters. The van der Waals surface area contributed by atoms with Crippen molar-refractivity contribution in [1.82, 2.24) is 24.9 Å². The number of rotatable bonds is 3. The molecule has 0 radical (unpaired) electrons. The van der Waals surface area contributed by atoms with Crippen molar-refractivity contribution >= 4 is 11.9 Å². The van der Waals surface area contributed by atoms with Crippen LogP contribution in [0.1, 0.15) is 5.69 Å². The highest BCUT2D eigenvalue weighted by atomic mass is 15.3. The van der Waals surface area contributed by atoms with Crippen molar-refractivity contribution in [2.24, 2.45) is 0 Å². The Bertz CT molecular complexity index is 929. The van der Waals surface area contributed by atoms with Gasteiger partial charge in [-0.3, -0.25) is 4.98 Å². The van der Waals surface area contributed by atoms with Gasteiger partial charge in [-0.15, -0.1) is 0 Å². The molecule has 4 heterocycles. The van der Waals surface area contributed by atoms with Crippen molar-refractivity contribution in [1.29, 1.82) is 5.26 Å². The Balaban J connectivity index is 1.47. The summed E-state index contributed by atoms with van der Waals surface area (Å²) in [5, 5.41) is 8.98. The Morgan fingerprint density at radius 3 is 2.19 bits per heavy atom. The van der Waals surface area contributed by atoms with Crippen LogP contribution in [0.4, 0.5) is 11.9 Å². The lowest BCUT2D eigenvalue weighted by Crippen LogP contribution is -2.47. The second-order valence-electron chi connectivity index (χ2n) is 5.81. The van der Waals surface area contributed by atoms with Crippen molar-refractivity contribution in [3.8, 4) is 17.3 Å². The number of nitrogens with zero attached hydrogens (tertiary/aromatic N) is 8. The molecule has 128 valence electrons. The molecule has 0 saturated carbocycles. The van der Waals surface area contributed by atoms with Crippen molar-refractivity contribution in [3.63, 3.8) is 0 Å². The van der Waals surface area contributed by atoms with E-state index in [0.29, 0.717) is 17.6 Å². The summed E-state index contributed by atoms with van der Waals surface area (Å²) >= 11 is 0. The third-order valence-corrected chi connectivity index (χ3v) is 4.20. The highest BCUT2D eigenvalue weighted by molar-refractivity contribution is 5.58. The standard InChI is InChI=1S/C18H16N8/c19-12-15-3-6-21-17(23-15)25-8-10-26(11-9-25)18-22-7-4-16(24-18)14-2-1-5-20-13-14/h1-7,13H,8-11H2. The van der Waals surface area contributed by atoms with E-state index in [0.717, 1.165) is 37.4 Å². The summed E-state index contributed by atoms with van der Waals surface area (Å²) in [7, 11) is 0. The van der Waals surface area contributed by atoms with Crippen LogP contribution in [-0.4, -0.2) is 51.1 Å². The first-order valence-electron chi connectivity index (χ1n) is 8.30. The minimum absolute atomic E-state index is 0.380. The molecule has 1 aliphatic rings. The van der Waals surface area contributed by atoms with Gasteiger partial charge in [-0.2, -0.15) is 5.26 Å². The van der Waals surface area contributed by atoms with Crippen LogP contribution in [0, 0.1) is 11.3 Å². The van der Waals surface area contributed by atoms with Crippen LogP contribution in [0.3, 0.4) is 0 Å². The van der Waals surface area contributed by atoms with Gasteiger partial charge >= 0.3 is 0 Å². The molecule has 1 aliphatic heterocycles. The average molecular weight is 344 g/mol. The molecule has 1 fully saturated rings. The number of hydrogen-bond donors (Lipinski definition) is 0. The predicted molar refractivity (Wildman–Crippen MR) is 96.4 cm³/mol. The number of pyridine rings is 1. The van der Waals surface area contributed by atoms with Crippen LogP contribution in [0.5, 0.6) is 0 Å². The zero-order chi connectivity index (χ0) is 17.8. The molecule has 0 aliphatic carbocycles. The summed E-state index contributed by atoms with van der Waals surface area (Å²) in [6.07, 6.45) is 6.93. The van der Waals surface area contributed by atoms with Gasteiger partial charge in [-0.25, -0.2) is 19.9 Å². The Kier molecular flexibility index (Phi) is 4.35. The van der Waals surface area contributed by atoms with E-state index in [1.165, 1.54) is 0 Å². The fourth-order valence-electron chi connectivity index (χ4n) is 2.85. The summed E-state index contributed by atoms with van der Waals surface area (Å²) < 4.78 is 0.